The molecule has 0 bridgehead atoms. The number of nitrogens with two attached hydrogens (primary N) is 2. The molecule has 12 heteroatoms. The fourth-order valence-electron chi connectivity index (χ4n) is 2.24. The summed E-state index contributed by atoms with van der Waals surface area (Å²) in [5.41, 5.74) is -1.83. The first-order valence-corrected chi connectivity index (χ1v) is 8.68. The van der Waals surface area contributed by atoms with Gasteiger partial charge in [-0.3, -0.25) is 0 Å². The van der Waals surface area contributed by atoms with Crippen LogP contribution in [0.15, 0.2) is 36.7 Å². The SMILES string of the molecule is C1C[NH2+]CC[NH2+]1.O=C([O-])c1cccnc1C(=O)O.O=C([O-])c1cccnc1C(=O)O. The van der Waals surface area contributed by atoms with E-state index in [9.17, 15) is 29.4 Å². The van der Waals surface area contributed by atoms with E-state index in [2.05, 4.69) is 20.6 Å². The molecule has 1 saturated heterocycles. The number of pyridine rings is 2. The van der Waals surface area contributed by atoms with Crippen molar-refractivity contribution in [3.8, 4) is 0 Å². The zero-order valence-electron chi connectivity index (χ0n) is 15.7. The number of carbonyl (C=O) groups is 4. The number of carbonyl (C=O) groups excluding carboxylic acids is 2. The number of hydrogen-bond acceptors (Lipinski definition) is 8. The molecule has 6 N–H and O–H groups in total. The molecule has 0 aromatic carbocycles. The third kappa shape index (κ3) is 8.00. The molecule has 1 aliphatic rings. The van der Waals surface area contributed by atoms with Crippen molar-refractivity contribution in [3.63, 3.8) is 0 Å². The highest BCUT2D eigenvalue weighted by atomic mass is 16.4. The molecule has 0 spiro atoms. The van der Waals surface area contributed by atoms with E-state index in [1.54, 1.807) is 0 Å². The molecule has 30 heavy (non-hydrogen) atoms. The first-order chi connectivity index (χ1) is 14.3. The number of aromatic nitrogens is 2. The molecule has 0 radical (unpaired) electrons. The van der Waals surface area contributed by atoms with Gasteiger partial charge in [-0.2, -0.15) is 0 Å². The van der Waals surface area contributed by atoms with Gasteiger partial charge in [0, 0.05) is 23.5 Å². The van der Waals surface area contributed by atoms with Crippen LogP contribution < -0.4 is 20.8 Å². The molecule has 2 aromatic rings. The van der Waals surface area contributed by atoms with Gasteiger partial charge in [-0.15, -0.1) is 0 Å². The largest absolute Gasteiger partial charge is 0.545 e. The van der Waals surface area contributed by atoms with E-state index < -0.39 is 46.4 Å². The maximum Gasteiger partial charge on any atom is 0.355 e. The lowest BCUT2D eigenvalue weighted by Gasteiger charge is -2.04. The van der Waals surface area contributed by atoms with E-state index in [4.69, 9.17) is 10.2 Å². The second kappa shape index (κ2) is 12.5. The number of carboxylic acid groups (broad SMARTS) is 4. The lowest BCUT2D eigenvalue weighted by molar-refractivity contribution is -0.787. The molecule has 12 nitrogen and oxygen atoms in total. The minimum Gasteiger partial charge on any atom is -0.545 e. The maximum atomic E-state index is 10.4. The Bertz CT molecular complexity index is 754. The monoisotopic (exact) mass is 420 g/mol. The van der Waals surface area contributed by atoms with E-state index in [1.165, 1.54) is 50.7 Å². The second-order valence-electron chi connectivity index (χ2n) is 5.72. The summed E-state index contributed by atoms with van der Waals surface area (Å²) in [6.45, 7) is 5.28. The fraction of sp³-hybridized carbons (Fsp3) is 0.222. The number of hydrogen-bond donors (Lipinski definition) is 4. The van der Waals surface area contributed by atoms with Crippen LogP contribution >= 0.6 is 0 Å². The number of quaternary nitrogens is 2. The van der Waals surface area contributed by atoms with Crippen LogP contribution in [-0.2, 0) is 0 Å². The van der Waals surface area contributed by atoms with Gasteiger partial charge in [0.2, 0.25) is 0 Å². The number of rotatable bonds is 4. The van der Waals surface area contributed by atoms with Crippen LogP contribution in [0.25, 0.3) is 0 Å². The topological polar surface area (TPSA) is 214 Å². The van der Waals surface area contributed by atoms with E-state index >= 15 is 0 Å². The predicted molar refractivity (Wildman–Crippen MR) is 94.4 cm³/mol. The van der Waals surface area contributed by atoms with Gasteiger partial charge in [0.25, 0.3) is 0 Å². The van der Waals surface area contributed by atoms with Crippen molar-refractivity contribution in [2.45, 2.75) is 0 Å². The lowest BCUT2D eigenvalue weighted by atomic mass is 10.2. The van der Waals surface area contributed by atoms with Gasteiger partial charge in [-0.05, 0) is 24.3 Å². The van der Waals surface area contributed by atoms with Crippen molar-refractivity contribution in [2.24, 2.45) is 0 Å². The third-order valence-corrected chi connectivity index (χ3v) is 3.61. The second-order valence-corrected chi connectivity index (χ2v) is 5.72. The van der Waals surface area contributed by atoms with Gasteiger partial charge >= 0.3 is 11.9 Å². The lowest BCUT2D eigenvalue weighted by Crippen LogP contribution is -3.04. The Kier molecular flexibility index (Phi) is 10.1. The highest BCUT2D eigenvalue weighted by Gasteiger charge is 2.11. The van der Waals surface area contributed by atoms with Gasteiger partial charge < -0.3 is 40.6 Å². The van der Waals surface area contributed by atoms with Gasteiger partial charge in [0.05, 0.1) is 11.9 Å². The Morgan fingerprint density at radius 1 is 0.733 bits per heavy atom. The van der Waals surface area contributed by atoms with Crippen LogP contribution in [0.2, 0.25) is 0 Å². The van der Waals surface area contributed by atoms with Crippen LogP contribution in [0.5, 0.6) is 0 Å². The zero-order chi connectivity index (χ0) is 22.5. The molecule has 3 heterocycles. The summed E-state index contributed by atoms with van der Waals surface area (Å²) in [7, 11) is 0. The summed E-state index contributed by atoms with van der Waals surface area (Å²) in [6, 6.07) is 4.92. The summed E-state index contributed by atoms with van der Waals surface area (Å²) < 4.78 is 0. The van der Waals surface area contributed by atoms with Crippen molar-refractivity contribution in [2.75, 3.05) is 26.2 Å². The molecule has 1 fully saturated rings. The highest BCUT2D eigenvalue weighted by Crippen LogP contribution is 2.03. The Hall–Kier alpha value is -3.90. The Balaban J connectivity index is 0.000000237. The molecule has 0 saturated carbocycles. The normalized spacial score (nSPS) is 12.3. The first kappa shape index (κ1) is 24.1. The van der Waals surface area contributed by atoms with Gasteiger partial charge in [0.1, 0.15) is 26.2 Å². The third-order valence-electron chi connectivity index (χ3n) is 3.61. The van der Waals surface area contributed by atoms with Gasteiger partial charge in [-0.1, -0.05) is 0 Å². The van der Waals surface area contributed by atoms with Crippen molar-refractivity contribution < 1.29 is 50.2 Å². The molecule has 0 amide bonds. The summed E-state index contributed by atoms with van der Waals surface area (Å²) >= 11 is 0. The van der Waals surface area contributed by atoms with Gasteiger partial charge in [0.15, 0.2) is 11.4 Å². The number of aromatic carboxylic acids is 4. The molecular weight excluding hydrogens is 400 g/mol. The van der Waals surface area contributed by atoms with Crippen molar-refractivity contribution >= 4 is 23.9 Å². The maximum absolute atomic E-state index is 10.4. The summed E-state index contributed by atoms with van der Waals surface area (Å²) in [6.07, 6.45) is 2.41. The fourth-order valence-corrected chi connectivity index (χ4v) is 2.24. The summed E-state index contributed by atoms with van der Waals surface area (Å²) in [4.78, 5) is 48.1. The van der Waals surface area contributed by atoms with E-state index in [-0.39, 0.29) is 0 Å². The van der Waals surface area contributed by atoms with Gasteiger partial charge in [-0.25, -0.2) is 19.6 Å². The van der Waals surface area contributed by atoms with Crippen LogP contribution in [0.3, 0.4) is 0 Å². The van der Waals surface area contributed by atoms with E-state index in [0.29, 0.717) is 0 Å². The Morgan fingerprint density at radius 3 is 1.27 bits per heavy atom. The van der Waals surface area contributed by atoms with Crippen molar-refractivity contribution in [1.29, 1.82) is 0 Å². The van der Waals surface area contributed by atoms with Crippen LogP contribution in [0.4, 0.5) is 0 Å². The van der Waals surface area contributed by atoms with E-state index in [1.807, 2.05) is 0 Å². The predicted octanol–water partition coefficient (Wildman–Crippen LogP) is -4.59. The molecule has 1 aliphatic heterocycles. The van der Waals surface area contributed by atoms with Crippen LogP contribution in [-0.4, -0.2) is 70.2 Å². The molecule has 0 unspecified atom stereocenters. The number of nitrogens with zero attached hydrogens (tertiary/aromatic N) is 2. The Labute approximate surface area is 170 Å². The minimum atomic E-state index is -1.54. The van der Waals surface area contributed by atoms with Crippen LogP contribution in [0.1, 0.15) is 41.7 Å². The average Bonchev–Trinajstić information content (AvgIpc) is 2.75. The van der Waals surface area contributed by atoms with Crippen LogP contribution in [0, 0.1) is 0 Å². The molecule has 3 rings (SSSR count). The van der Waals surface area contributed by atoms with Crippen molar-refractivity contribution in [1.82, 2.24) is 9.97 Å². The minimum absolute atomic E-state index is 0.412. The first-order valence-electron chi connectivity index (χ1n) is 8.68. The number of carboxylic acids is 4. The summed E-state index contributed by atoms with van der Waals surface area (Å²) in [5.74, 6) is -5.84. The molecule has 0 aliphatic carbocycles. The quantitative estimate of drug-likeness (QED) is 0.371. The number of piperazine rings is 1. The zero-order valence-corrected chi connectivity index (χ0v) is 15.7. The standard InChI is InChI=1S/2C7H5NO4.C4H10N2/c2*9-6(10)4-2-1-3-8-5(4)7(11)12;1-2-6-4-3-5-1/h2*1-3H,(H,9,10)(H,11,12);5-6H,1-4H2. The van der Waals surface area contributed by atoms with E-state index in [0.717, 1.165) is 12.1 Å². The summed E-state index contributed by atoms with van der Waals surface area (Å²) in [5, 5.41) is 42.3. The molecular formula is C18H20N4O8. The smallest absolute Gasteiger partial charge is 0.355 e. The average molecular weight is 420 g/mol. The molecule has 0 atom stereocenters. The molecule has 160 valence electrons. The van der Waals surface area contributed by atoms with Crippen molar-refractivity contribution in [3.05, 3.63) is 59.2 Å². The highest BCUT2D eigenvalue weighted by molar-refractivity contribution is 5.99. The Morgan fingerprint density at radius 2 is 1.07 bits per heavy atom. The molecule has 2 aromatic heterocycles.